The average Bonchev–Trinajstić information content (AvgIpc) is 2.60. The van der Waals surface area contributed by atoms with Crippen LogP contribution in [0.5, 0.6) is 5.75 Å². The highest BCUT2D eigenvalue weighted by Crippen LogP contribution is 2.40. The monoisotopic (exact) mass is 275 g/mol. The Morgan fingerprint density at radius 1 is 1.20 bits per heavy atom. The van der Waals surface area contributed by atoms with Gasteiger partial charge in [0.1, 0.15) is 0 Å². The van der Waals surface area contributed by atoms with Gasteiger partial charge in [-0.1, -0.05) is 0 Å². The Balaban J connectivity index is 2.06. The van der Waals surface area contributed by atoms with Crippen molar-refractivity contribution < 1.29 is 9.53 Å². The van der Waals surface area contributed by atoms with Gasteiger partial charge in [-0.25, -0.2) is 0 Å². The Bertz CT molecular complexity index is 524. The number of fused-ring (bicyclic) bond motifs is 1. The molecule has 2 heterocycles. The molecule has 5 nitrogen and oxygen atoms in total. The van der Waals surface area contributed by atoms with Crippen LogP contribution < -0.4 is 19.9 Å². The van der Waals surface area contributed by atoms with Crippen LogP contribution in [0.2, 0.25) is 0 Å². The Morgan fingerprint density at radius 3 is 2.65 bits per heavy atom. The molecule has 1 N–H and O–H groups in total. The van der Waals surface area contributed by atoms with E-state index in [-0.39, 0.29) is 5.91 Å². The van der Waals surface area contributed by atoms with Crippen LogP contribution in [-0.4, -0.2) is 45.7 Å². The van der Waals surface area contributed by atoms with Gasteiger partial charge >= 0.3 is 0 Å². The molecule has 0 saturated carbocycles. The fraction of sp³-hybridized carbons (Fsp3) is 0.533. The smallest absolute Gasteiger partial charge is 0.230 e. The summed E-state index contributed by atoms with van der Waals surface area (Å²) in [4.78, 5) is 16.1. The molecule has 0 bridgehead atoms. The van der Waals surface area contributed by atoms with Crippen molar-refractivity contribution in [3.63, 3.8) is 0 Å². The lowest BCUT2D eigenvalue weighted by Crippen LogP contribution is -2.43. The molecule has 0 radical (unpaired) electrons. The minimum atomic E-state index is 0.112. The molecule has 0 aromatic heterocycles. The molecule has 3 rings (SSSR count). The number of hydrogen-bond donors (Lipinski definition) is 1. The highest BCUT2D eigenvalue weighted by molar-refractivity contribution is 5.96. The summed E-state index contributed by atoms with van der Waals surface area (Å²) in [7, 11) is 1.83. The second-order valence-electron chi connectivity index (χ2n) is 5.42. The first-order valence-electron chi connectivity index (χ1n) is 7.16. The van der Waals surface area contributed by atoms with Gasteiger partial charge in [0.2, 0.25) is 5.91 Å². The number of carbonyl (C=O) groups excluding carboxylic acids is 1. The number of rotatable bonds is 1. The molecule has 0 atom stereocenters. The van der Waals surface area contributed by atoms with E-state index in [9.17, 15) is 4.79 Å². The number of hydrogen-bond acceptors (Lipinski definition) is 4. The Kier molecular flexibility index (Phi) is 3.53. The third-order valence-corrected chi connectivity index (χ3v) is 3.95. The highest BCUT2D eigenvalue weighted by atomic mass is 16.5. The Hall–Kier alpha value is -1.75. The van der Waals surface area contributed by atoms with Gasteiger partial charge in [-0.2, -0.15) is 0 Å². The molecule has 108 valence electrons. The summed E-state index contributed by atoms with van der Waals surface area (Å²) in [5.74, 6) is 0.964. The van der Waals surface area contributed by atoms with E-state index >= 15 is 0 Å². The largest absolute Gasteiger partial charge is 0.489 e. The second kappa shape index (κ2) is 5.32. The van der Waals surface area contributed by atoms with Crippen molar-refractivity contribution in [3.8, 4) is 5.75 Å². The van der Waals surface area contributed by atoms with Crippen molar-refractivity contribution in [2.45, 2.75) is 13.3 Å². The molecule has 1 amide bonds. The van der Waals surface area contributed by atoms with Gasteiger partial charge in [0, 0.05) is 33.2 Å². The molecule has 1 aromatic carbocycles. The van der Waals surface area contributed by atoms with Crippen LogP contribution in [0.15, 0.2) is 12.1 Å². The van der Waals surface area contributed by atoms with Crippen LogP contribution in [0.25, 0.3) is 0 Å². The second-order valence-corrected chi connectivity index (χ2v) is 5.42. The molecule has 1 aromatic rings. The van der Waals surface area contributed by atoms with Gasteiger partial charge in [-0.15, -0.1) is 0 Å². The number of ether oxygens (including phenoxy) is 1. The maximum Gasteiger partial charge on any atom is 0.230 e. The van der Waals surface area contributed by atoms with E-state index in [0.717, 1.165) is 48.9 Å². The first-order valence-corrected chi connectivity index (χ1v) is 7.16. The van der Waals surface area contributed by atoms with E-state index < -0.39 is 0 Å². The van der Waals surface area contributed by atoms with Crippen molar-refractivity contribution in [3.05, 3.63) is 17.7 Å². The van der Waals surface area contributed by atoms with Crippen molar-refractivity contribution in [1.29, 1.82) is 0 Å². The van der Waals surface area contributed by atoms with E-state index in [1.165, 1.54) is 0 Å². The van der Waals surface area contributed by atoms with E-state index in [1.807, 2.05) is 13.1 Å². The maximum atomic E-state index is 12.0. The summed E-state index contributed by atoms with van der Waals surface area (Å²) in [5.41, 5.74) is 3.16. The average molecular weight is 275 g/mol. The number of nitrogens with zero attached hydrogens (tertiary/aromatic N) is 2. The summed E-state index contributed by atoms with van der Waals surface area (Å²) in [6, 6.07) is 4.19. The number of piperazine rings is 1. The van der Waals surface area contributed by atoms with Gasteiger partial charge in [-0.3, -0.25) is 4.79 Å². The molecule has 0 aliphatic carbocycles. The third-order valence-electron chi connectivity index (χ3n) is 3.95. The van der Waals surface area contributed by atoms with Crippen LogP contribution in [0.4, 0.5) is 11.4 Å². The molecular formula is C15H21N3O2. The van der Waals surface area contributed by atoms with Gasteiger partial charge in [0.15, 0.2) is 5.75 Å². The van der Waals surface area contributed by atoms with E-state index in [2.05, 4.69) is 23.2 Å². The molecule has 20 heavy (non-hydrogen) atoms. The normalized spacial score (nSPS) is 19.4. The molecule has 1 fully saturated rings. The zero-order chi connectivity index (χ0) is 14.1. The van der Waals surface area contributed by atoms with Crippen molar-refractivity contribution in [2.75, 3.05) is 49.6 Å². The lowest BCUT2D eigenvalue weighted by Gasteiger charge is -2.32. The Labute approximate surface area is 119 Å². The molecule has 1 saturated heterocycles. The number of carbonyl (C=O) groups is 1. The quantitative estimate of drug-likeness (QED) is 0.835. The van der Waals surface area contributed by atoms with Crippen LogP contribution in [0.3, 0.4) is 0 Å². The summed E-state index contributed by atoms with van der Waals surface area (Å²) in [5, 5.41) is 3.36. The predicted molar refractivity (Wildman–Crippen MR) is 79.8 cm³/mol. The number of aryl methyl sites for hydroxylation is 1. The fourth-order valence-electron chi connectivity index (χ4n) is 2.82. The number of benzene rings is 1. The van der Waals surface area contributed by atoms with Crippen LogP contribution in [0, 0.1) is 6.92 Å². The summed E-state index contributed by atoms with van der Waals surface area (Å²) in [6.45, 7) is 6.43. The minimum absolute atomic E-state index is 0.112. The van der Waals surface area contributed by atoms with E-state index in [1.54, 1.807) is 4.90 Å². The number of anilines is 2. The number of amides is 1. The first kappa shape index (κ1) is 13.2. The van der Waals surface area contributed by atoms with E-state index in [4.69, 9.17) is 4.74 Å². The summed E-state index contributed by atoms with van der Waals surface area (Å²) < 4.78 is 5.90. The van der Waals surface area contributed by atoms with Gasteiger partial charge in [-0.05, 0) is 24.6 Å². The zero-order valence-corrected chi connectivity index (χ0v) is 12.1. The van der Waals surface area contributed by atoms with Crippen LogP contribution in [-0.2, 0) is 4.79 Å². The van der Waals surface area contributed by atoms with Crippen molar-refractivity contribution in [2.24, 2.45) is 0 Å². The molecule has 2 aliphatic heterocycles. The summed E-state index contributed by atoms with van der Waals surface area (Å²) in [6.07, 6.45) is 0.436. The minimum Gasteiger partial charge on any atom is -0.489 e. The lowest BCUT2D eigenvalue weighted by atomic mass is 10.1. The lowest BCUT2D eigenvalue weighted by molar-refractivity contribution is -0.118. The highest BCUT2D eigenvalue weighted by Gasteiger charge is 2.25. The van der Waals surface area contributed by atoms with E-state index in [0.29, 0.717) is 13.0 Å². The fourth-order valence-corrected chi connectivity index (χ4v) is 2.82. The third kappa shape index (κ3) is 2.33. The topological polar surface area (TPSA) is 44.8 Å². The van der Waals surface area contributed by atoms with Gasteiger partial charge in [0.25, 0.3) is 0 Å². The summed E-state index contributed by atoms with van der Waals surface area (Å²) >= 11 is 0. The standard InChI is InChI=1S/C15H21N3O2/c1-11-9-12-15(20-8-3-14(19)17(12)2)13(10-11)18-6-4-16-5-7-18/h9-10,16H,3-8H2,1-2H3. The van der Waals surface area contributed by atoms with Gasteiger partial charge < -0.3 is 19.9 Å². The zero-order valence-electron chi connectivity index (χ0n) is 12.1. The van der Waals surface area contributed by atoms with Crippen LogP contribution in [0.1, 0.15) is 12.0 Å². The Morgan fingerprint density at radius 2 is 1.90 bits per heavy atom. The first-order chi connectivity index (χ1) is 9.66. The van der Waals surface area contributed by atoms with Crippen molar-refractivity contribution >= 4 is 17.3 Å². The van der Waals surface area contributed by atoms with Crippen LogP contribution >= 0.6 is 0 Å². The van der Waals surface area contributed by atoms with Gasteiger partial charge in [0.05, 0.1) is 24.4 Å². The maximum absolute atomic E-state index is 12.0. The molecule has 2 aliphatic rings. The van der Waals surface area contributed by atoms with Crippen molar-refractivity contribution in [1.82, 2.24) is 5.32 Å². The molecule has 0 unspecified atom stereocenters. The number of nitrogens with one attached hydrogen (secondary N) is 1. The molecular weight excluding hydrogens is 254 g/mol. The molecule has 5 heteroatoms. The molecule has 0 spiro atoms. The SMILES string of the molecule is Cc1cc(N2CCNCC2)c2c(c1)N(C)C(=O)CCO2. The predicted octanol–water partition coefficient (Wildman–Crippen LogP) is 1.15.